The molecule has 0 saturated carbocycles. The molecule has 0 amide bonds. The first-order chi connectivity index (χ1) is 5.77. The lowest BCUT2D eigenvalue weighted by Gasteiger charge is -2.02. The number of benzene rings is 2. The van der Waals surface area contributed by atoms with Crippen LogP contribution in [0.3, 0.4) is 0 Å². The maximum absolute atomic E-state index is 3.08. The molecule has 12 heavy (non-hydrogen) atoms. The summed E-state index contributed by atoms with van der Waals surface area (Å²) in [4.78, 5) is 0. The summed E-state index contributed by atoms with van der Waals surface area (Å²) in [6.07, 6.45) is 0. The fourth-order valence-corrected chi connectivity index (χ4v) is 1.41. The summed E-state index contributed by atoms with van der Waals surface area (Å²) in [5, 5.41) is 2.58. The normalized spacial score (nSPS) is 10.5. The Hall–Kier alpha value is -1.30. The van der Waals surface area contributed by atoms with Gasteiger partial charge in [-0.25, -0.2) is 0 Å². The quantitative estimate of drug-likeness (QED) is 0.547. The smallest absolute Gasteiger partial charge is 0.0175 e. The Kier molecular flexibility index (Phi) is 1.61. The summed E-state index contributed by atoms with van der Waals surface area (Å²) in [6, 6.07) is 13.6. The second-order valence-electron chi connectivity index (χ2n) is 3.21. The maximum atomic E-state index is 3.08. The van der Waals surface area contributed by atoms with Crippen molar-refractivity contribution in [3.8, 4) is 0 Å². The molecular weight excluding hydrogens is 144 g/mol. The van der Waals surface area contributed by atoms with Crippen LogP contribution >= 0.6 is 0 Å². The molecule has 1 radical (unpaired) electrons. The van der Waals surface area contributed by atoms with Gasteiger partial charge in [0.15, 0.2) is 0 Å². The monoisotopic (exact) mass is 155 g/mol. The van der Waals surface area contributed by atoms with E-state index < -0.39 is 0 Å². The summed E-state index contributed by atoms with van der Waals surface area (Å²) in [7, 11) is 0. The molecule has 2 aromatic rings. The minimum atomic E-state index is 1.28. The summed E-state index contributed by atoms with van der Waals surface area (Å²) in [5.41, 5.74) is 2.70. The standard InChI is InChI=1S/C12H11/c1-9-7-11-5-3-4-6-12(11)8-10(9)2/h3,5-8H,1-2H3. The largest absolute Gasteiger partial charge is 0.0538 e. The predicted molar refractivity (Wildman–Crippen MR) is 52.3 cm³/mol. The Balaban J connectivity index is 2.84. The van der Waals surface area contributed by atoms with Crippen molar-refractivity contribution in [2.75, 3.05) is 0 Å². The van der Waals surface area contributed by atoms with E-state index in [4.69, 9.17) is 0 Å². The Labute approximate surface area is 72.8 Å². The van der Waals surface area contributed by atoms with Gasteiger partial charge in [-0.05, 0) is 47.9 Å². The minimum Gasteiger partial charge on any atom is -0.0538 e. The van der Waals surface area contributed by atoms with Gasteiger partial charge in [-0.15, -0.1) is 0 Å². The van der Waals surface area contributed by atoms with Crippen LogP contribution in [0.25, 0.3) is 10.8 Å². The highest BCUT2D eigenvalue weighted by Gasteiger charge is 1.95. The first-order valence-corrected chi connectivity index (χ1v) is 4.14. The van der Waals surface area contributed by atoms with Crippen LogP contribution in [0, 0.1) is 19.9 Å². The molecule has 59 valence electrons. The van der Waals surface area contributed by atoms with E-state index in [1.54, 1.807) is 0 Å². The predicted octanol–water partition coefficient (Wildman–Crippen LogP) is 3.26. The molecule has 0 saturated heterocycles. The average molecular weight is 155 g/mol. The summed E-state index contributed by atoms with van der Waals surface area (Å²) in [5.74, 6) is 0. The minimum absolute atomic E-state index is 1.28. The molecule has 0 aromatic heterocycles. The third-order valence-corrected chi connectivity index (χ3v) is 2.30. The van der Waals surface area contributed by atoms with Crippen molar-refractivity contribution in [1.29, 1.82) is 0 Å². The Morgan fingerprint density at radius 1 is 1.00 bits per heavy atom. The molecule has 0 spiro atoms. The van der Waals surface area contributed by atoms with Crippen LogP contribution in [-0.2, 0) is 0 Å². The first-order valence-electron chi connectivity index (χ1n) is 4.14. The lowest BCUT2D eigenvalue weighted by molar-refractivity contribution is 1.37. The van der Waals surface area contributed by atoms with Crippen molar-refractivity contribution in [2.45, 2.75) is 13.8 Å². The second-order valence-corrected chi connectivity index (χ2v) is 3.21. The van der Waals surface area contributed by atoms with Crippen molar-refractivity contribution in [3.05, 3.63) is 47.5 Å². The van der Waals surface area contributed by atoms with Crippen LogP contribution < -0.4 is 0 Å². The lowest BCUT2D eigenvalue weighted by atomic mass is 10.0. The van der Waals surface area contributed by atoms with Crippen LogP contribution in [0.4, 0.5) is 0 Å². The summed E-state index contributed by atoms with van der Waals surface area (Å²) >= 11 is 0. The molecule has 0 bridgehead atoms. The fourth-order valence-electron chi connectivity index (χ4n) is 1.41. The number of hydrogen-bond acceptors (Lipinski definition) is 0. The van der Waals surface area contributed by atoms with Gasteiger partial charge < -0.3 is 0 Å². The Morgan fingerprint density at radius 3 is 2.42 bits per heavy atom. The van der Waals surface area contributed by atoms with Gasteiger partial charge in [0.2, 0.25) is 0 Å². The van der Waals surface area contributed by atoms with Gasteiger partial charge in [0.1, 0.15) is 0 Å². The van der Waals surface area contributed by atoms with E-state index in [2.05, 4.69) is 38.1 Å². The molecule has 0 heterocycles. The van der Waals surface area contributed by atoms with E-state index in [9.17, 15) is 0 Å². The number of aryl methyl sites for hydroxylation is 2. The third kappa shape index (κ3) is 1.10. The van der Waals surface area contributed by atoms with Crippen molar-refractivity contribution >= 4 is 10.8 Å². The lowest BCUT2D eigenvalue weighted by Crippen LogP contribution is -1.80. The van der Waals surface area contributed by atoms with Crippen molar-refractivity contribution in [3.63, 3.8) is 0 Å². The zero-order valence-electron chi connectivity index (χ0n) is 7.39. The van der Waals surface area contributed by atoms with Gasteiger partial charge in [0.05, 0.1) is 0 Å². The second kappa shape index (κ2) is 2.63. The zero-order valence-corrected chi connectivity index (χ0v) is 7.39. The van der Waals surface area contributed by atoms with E-state index in [0.29, 0.717) is 0 Å². The van der Waals surface area contributed by atoms with E-state index in [1.165, 1.54) is 21.9 Å². The van der Waals surface area contributed by atoms with Crippen LogP contribution in [0.2, 0.25) is 0 Å². The highest BCUT2D eigenvalue weighted by Crippen LogP contribution is 2.18. The van der Waals surface area contributed by atoms with E-state index in [-0.39, 0.29) is 0 Å². The average Bonchev–Trinajstić information content (AvgIpc) is 2.07. The van der Waals surface area contributed by atoms with E-state index in [1.807, 2.05) is 12.1 Å². The zero-order chi connectivity index (χ0) is 8.55. The molecule has 0 nitrogen and oxygen atoms in total. The van der Waals surface area contributed by atoms with Gasteiger partial charge >= 0.3 is 0 Å². The molecule has 0 atom stereocenters. The van der Waals surface area contributed by atoms with Gasteiger partial charge in [-0.3, -0.25) is 0 Å². The van der Waals surface area contributed by atoms with Gasteiger partial charge in [-0.2, -0.15) is 0 Å². The van der Waals surface area contributed by atoms with Crippen molar-refractivity contribution < 1.29 is 0 Å². The Morgan fingerprint density at radius 2 is 1.67 bits per heavy atom. The van der Waals surface area contributed by atoms with Crippen LogP contribution in [0.1, 0.15) is 11.1 Å². The van der Waals surface area contributed by atoms with Crippen LogP contribution in [0.5, 0.6) is 0 Å². The molecule has 2 rings (SSSR count). The third-order valence-electron chi connectivity index (χ3n) is 2.30. The molecule has 0 fully saturated rings. The molecule has 0 aliphatic heterocycles. The number of fused-ring (bicyclic) bond motifs is 1. The Bertz CT molecular complexity index is 373. The van der Waals surface area contributed by atoms with Gasteiger partial charge in [0.25, 0.3) is 0 Å². The molecule has 0 heteroatoms. The molecular formula is C12H11. The topological polar surface area (TPSA) is 0 Å². The van der Waals surface area contributed by atoms with Crippen molar-refractivity contribution in [2.24, 2.45) is 0 Å². The highest BCUT2D eigenvalue weighted by molar-refractivity contribution is 5.83. The van der Waals surface area contributed by atoms with Crippen molar-refractivity contribution in [1.82, 2.24) is 0 Å². The van der Waals surface area contributed by atoms with Crippen LogP contribution in [0.15, 0.2) is 30.3 Å². The summed E-state index contributed by atoms with van der Waals surface area (Å²) in [6.45, 7) is 4.28. The van der Waals surface area contributed by atoms with Crippen LogP contribution in [-0.4, -0.2) is 0 Å². The first kappa shape index (κ1) is 7.35. The van der Waals surface area contributed by atoms with E-state index in [0.717, 1.165) is 0 Å². The molecule has 0 aliphatic carbocycles. The molecule has 0 N–H and O–H groups in total. The van der Waals surface area contributed by atoms with Gasteiger partial charge in [-0.1, -0.05) is 24.3 Å². The molecule has 2 aromatic carbocycles. The number of hydrogen-bond donors (Lipinski definition) is 0. The number of rotatable bonds is 0. The SMILES string of the molecule is Cc1cc2c[c]ccc2cc1C. The molecule has 0 unspecified atom stereocenters. The summed E-state index contributed by atoms with van der Waals surface area (Å²) < 4.78 is 0. The molecule has 0 aliphatic rings. The highest BCUT2D eigenvalue weighted by atomic mass is 14.0. The fraction of sp³-hybridized carbons (Fsp3) is 0.167. The maximum Gasteiger partial charge on any atom is -0.0175 e. The van der Waals surface area contributed by atoms with Gasteiger partial charge in [0, 0.05) is 0 Å². The van der Waals surface area contributed by atoms with E-state index >= 15 is 0 Å².